The number of pyridine rings is 1. The van der Waals surface area contributed by atoms with Crippen LogP contribution in [0.3, 0.4) is 0 Å². The first-order valence-corrected chi connectivity index (χ1v) is 12.8. The summed E-state index contributed by atoms with van der Waals surface area (Å²) in [7, 11) is 0. The van der Waals surface area contributed by atoms with Crippen LogP contribution < -0.4 is 15.4 Å². The summed E-state index contributed by atoms with van der Waals surface area (Å²) in [5.41, 5.74) is 3.90. The molecule has 1 heterocycles. The number of rotatable bonds is 12. The lowest BCUT2D eigenvalue weighted by atomic mass is 10.0. The van der Waals surface area contributed by atoms with Crippen LogP contribution in [0.4, 0.5) is 5.69 Å². The van der Waals surface area contributed by atoms with Gasteiger partial charge in [0.15, 0.2) is 0 Å². The number of benzene rings is 2. The molecule has 1 atom stereocenters. The SMILES string of the molecule is Cc1nc(OCC(CC(C)C)Nc2ccc(C(=O)NCCC(=O)O)cc2)ccc1-c1ccc(Cl)cc1Cl. The number of hydrogen-bond donors (Lipinski definition) is 3. The average molecular weight is 544 g/mol. The van der Waals surface area contributed by atoms with E-state index in [9.17, 15) is 9.59 Å². The molecular weight excluding hydrogens is 513 g/mol. The number of halogens is 2. The number of aryl methyl sites for hydroxylation is 1. The molecule has 3 N–H and O–H groups in total. The Kier molecular flexibility index (Phi) is 10.2. The maximum atomic E-state index is 12.2. The monoisotopic (exact) mass is 543 g/mol. The van der Waals surface area contributed by atoms with Crippen LogP contribution in [0.25, 0.3) is 11.1 Å². The Balaban J connectivity index is 1.63. The Morgan fingerprint density at radius 1 is 1.03 bits per heavy atom. The molecule has 0 aliphatic carbocycles. The molecule has 2 aromatic carbocycles. The first-order valence-electron chi connectivity index (χ1n) is 12.0. The van der Waals surface area contributed by atoms with Crippen LogP contribution in [0.15, 0.2) is 54.6 Å². The second kappa shape index (κ2) is 13.3. The normalized spacial score (nSPS) is 11.7. The summed E-state index contributed by atoms with van der Waals surface area (Å²) >= 11 is 12.4. The minimum atomic E-state index is -0.953. The minimum Gasteiger partial charge on any atom is -0.481 e. The molecule has 9 heteroatoms. The number of amides is 1. The molecule has 3 rings (SSSR count). The highest BCUT2D eigenvalue weighted by atomic mass is 35.5. The van der Waals surface area contributed by atoms with Gasteiger partial charge in [-0.15, -0.1) is 0 Å². The molecule has 7 nitrogen and oxygen atoms in total. The van der Waals surface area contributed by atoms with E-state index in [4.69, 9.17) is 33.0 Å². The predicted octanol–water partition coefficient (Wildman–Crippen LogP) is 6.47. The molecule has 0 saturated carbocycles. The quantitative estimate of drug-likeness (QED) is 0.242. The van der Waals surface area contributed by atoms with Gasteiger partial charge in [0.25, 0.3) is 5.91 Å². The van der Waals surface area contributed by atoms with Gasteiger partial charge in [-0.05, 0) is 61.7 Å². The fraction of sp³-hybridized carbons (Fsp3) is 0.321. The van der Waals surface area contributed by atoms with Crippen LogP contribution in [0.5, 0.6) is 5.88 Å². The van der Waals surface area contributed by atoms with E-state index in [1.165, 1.54) is 0 Å². The van der Waals surface area contributed by atoms with Crippen LogP contribution in [-0.2, 0) is 4.79 Å². The Hall–Kier alpha value is -3.29. The van der Waals surface area contributed by atoms with Crippen molar-refractivity contribution in [2.45, 2.75) is 39.7 Å². The summed E-state index contributed by atoms with van der Waals surface area (Å²) < 4.78 is 6.05. The molecule has 0 aliphatic rings. The number of anilines is 1. The van der Waals surface area contributed by atoms with E-state index in [1.807, 2.05) is 37.3 Å². The third-order valence-corrected chi connectivity index (χ3v) is 6.16. The van der Waals surface area contributed by atoms with Crippen molar-refractivity contribution in [1.82, 2.24) is 10.3 Å². The van der Waals surface area contributed by atoms with Gasteiger partial charge in [-0.1, -0.05) is 43.1 Å². The van der Waals surface area contributed by atoms with Crippen LogP contribution >= 0.6 is 23.2 Å². The van der Waals surface area contributed by atoms with Crippen LogP contribution in [0.2, 0.25) is 10.0 Å². The number of aliphatic carboxylic acids is 1. The maximum Gasteiger partial charge on any atom is 0.305 e. The molecule has 37 heavy (non-hydrogen) atoms. The van der Waals surface area contributed by atoms with Crippen LogP contribution in [-0.4, -0.2) is 41.2 Å². The van der Waals surface area contributed by atoms with Gasteiger partial charge in [-0.3, -0.25) is 9.59 Å². The Morgan fingerprint density at radius 2 is 1.73 bits per heavy atom. The van der Waals surface area contributed by atoms with Crippen molar-refractivity contribution in [2.24, 2.45) is 5.92 Å². The molecular formula is C28H31Cl2N3O4. The summed E-state index contributed by atoms with van der Waals surface area (Å²) in [6, 6.07) is 16.2. The van der Waals surface area contributed by atoms with Gasteiger partial charge in [-0.2, -0.15) is 0 Å². The van der Waals surface area contributed by atoms with E-state index < -0.39 is 5.97 Å². The van der Waals surface area contributed by atoms with Gasteiger partial charge < -0.3 is 20.5 Å². The lowest BCUT2D eigenvalue weighted by Crippen LogP contribution is -2.29. The second-order valence-corrected chi connectivity index (χ2v) is 10.0. The average Bonchev–Trinajstić information content (AvgIpc) is 2.83. The Labute approximate surface area is 227 Å². The molecule has 3 aromatic rings. The molecule has 1 unspecified atom stereocenters. The molecule has 196 valence electrons. The number of carboxylic acid groups (broad SMARTS) is 1. The van der Waals surface area contributed by atoms with Crippen molar-refractivity contribution in [1.29, 1.82) is 0 Å². The van der Waals surface area contributed by atoms with Crippen LogP contribution in [0.1, 0.15) is 42.7 Å². The molecule has 1 aromatic heterocycles. The second-order valence-electron chi connectivity index (χ2n) is 9.17. The van der Waals surface area contributed by atoms with E-state index in [1.54, 1.807) is 24.3 Å². The van der Waals surface area contributed by atoms with E-state index in [-0.39, 0.29) is 24.9 Å². The summed E-state index contributed by atoms with van der Waals surface area (Å²) in [5.74, 6) is -0.301. The summed E-state index contributed by atoms with van der Waals surface area (Å²) in [6.45, 7) is 6.70. The summed E-state index contributed by atoms with van der Waals surface area (Å²) in [4.78, 5) is 27.4. The number of carboxylic acids is 1. The van der Waals surface area contributed by atoms with Gasteiger partial charge in [0, 0.05) is 50.7 Å². The molecule has 0 radical (unpaired) electrons. The van der Waals surface area contributed by atoms with Gasteiger partial charge in [0.2, 0.25) is 5.88 Å². The summed E-state index contributed by atoms with van der Waals surface area (Å²) in [5, 5.41) is 15.9. The third kappa shape index (κ3) is 8.65. The van der Waals surface area contributed by atoms with E-state index in [2.05, 4.69) is 29.5 Å². The smallest absolute Gasteiger partial charge is 0.305 e. The highest BCUT2D eigenvalue weighted by molar-refractivity contribution is 6.36. The predicted molar refractivity (Wildman–Crippen MR) is 148 cm³/mol. The molecule has 0 aliphatic heterocycles. The van der Waals surface area contributed by atoms with Crippen molar-refractivity contribution in [3.05, 3.63) is 75.9 Å². The van der Waals surface area contributed by atoms with Crippen molar-refractivity contribution < 1.29 is 19.4 Å². The van der Waals surface area contributed by atoms with Crippen LogP contribution in [0, 0.1) is 12.8 Å². The summed E-state index contributed by atoms with van der Waals surface area (Å²) in [6.07, 6.45) is 0.753. The lowest BCUT2D eigenvalue weighted by Gasteiger charge is -2.22. The zero-order chi connectivity index (χ0) is 26.9. The van der Waals surface area contributed by atoms with E-state index in [0.29, 0.717) is 34.0 Å². The fourth-order valence-corrected chi connectivity index (χ4v) is 4.38. The number of carbonyl (C=O) groups excluding carboxylic acids is 1. The van der Waals surface area contributed by atoms with Gasteiger partial charge >= 0.3 is 5.97 Å². The molecule has 0 fully saturated rings. The van der Waals surface area contributed by atoms with Gasteiger partial charge in [0.05, 0.1) is 12.5 Å². The number of ether oxygens (including phenoxy) is 1. The highest BCUT2D eigenvalue weighted by Gasteiger charge is 2.15. The van der Waals surface area contributed by atoms with Gasteiger partial charge in [-0.25, -0.2) is 4.98 Å². The number of hydrogen-bond acceptors (Lipinski definition) is 5. The third-order valence-electron chi connectivity index (χ3n) is 5.61. The molecule has 0 saturated heterocycles. The number of nitrogens with one attached hydrogen (secondary N) is 2. The highest BCUT2D eigenvalue weighted by Crippen LogP contribution is 2.32. The van der Waals surface area contributed by atoms with Crippen molar-refractivity contribution in [3.63, 3.8) is 0 Å². The minimum absolute atomic E-state index is 0.0164. The van der Waals surface area contributed by atoms with E-state index in [0.717, 1.165) is 28.9 Å². The fourth-order valence-electron chi connectivity index (χ4n) is 3.87. The zero-order valence-electron chi connectivity index (χ0n) is 21.1. The number of nitrogens with zero attached hydrogens (tertiary/aromatic N) is 1. The van der Waals surface area contributed by atoms with E-state index >= 15 is 0 Å². The Bertz CT molecular complexity index is 1230. The molecule has 0 bridgehead atoms. The van der Waals surface area contributed by atoms with Crippen molar-refractivity contribution in [3.8, 4) is 17.0 Å². The molecule has 0 spiro atoms. The number of carbonyl (C=O) groups is 2. The Morgan fingerprint density at radius 3 is 2.35 bits per heavy atom. The number of aromatic nitrogens is 1. The lowest BCUT2D eigenvalue weighted by molar-refractivity contribution is -0.136. The van der Waals surface area contributed by atoms with Gasteiger partial charge in [0.1, 0.15) is 6.61 Å². The zero-order valence-corrected chi connectivity index (χ0v) is 22.6. The topological polar surface area (TPSA) is 101 Å². The first kappa shape index (κ1) is 28.3. The van der Waals surface area contributed by atoms with Crippen molar-refractivity contribution in [2.75, 3.05) is 18.5 Å². The largest absolute Gasteiger partial charge is 0.481 e. The first-order chi connectivity index (χ1) is 17.6. The van der Waals surface area contributed by atoms with Crippen molar-refractivity contribution >= 4 is 40.8 Å². The molecule has 1 amide bonds. The standard InChI is InChI=1S/C28H31Cl2N3O4/c1-17(2)14-22(33-21-7-4-19(5-8-21)28(36)31-13-12-27(34)35)16-37-26-11-10-23(18(3)32-26)24-9-6-20(29)15-25(24)30/h4-11,15,17,22,33H,12-14,16H2,1-3H3,(H,31,36)(H,34,35). The maximum absolute atomic E-state index is 12.2.